The summed E-state index contributed by atoms with van der Waals surface area (Å²) in [5.41, 5.74) is 1.32. The zero-order valence-corrected chi connectivity index (χ0v) is 13.9. The molecule has 2 heteroatoms. The Morgan fingerprint density at radius 2 is 1.79 bits per heavy atom. The number of hydrogen-bond acceptors (Lipinski definition) is 1. The van der Waals surface area contributed by atoms with E-state index < -0.39 is 8.32 Å². The summed E-state index contributed by atoms with van der Waals surface area (Å²) in [4.78, 5) is 0. The van der Waals surface area contributed by atoms with Crippen molar-refractivity contribution in [3.63, 3.8) is 0 Å². The molecule has 0 aliphatic carbocycles. The summed E-state index contributed by atoms with van der Waals surface area (Å²) in [5.74, 6) is 2.81. The molecular weight excluding hydrogens is 248 g/mol. The Kier molecular flexibility index (Phi) is 5.40. The van der Waals surface area contributed by atoms with Crippen LogP contribution in [0, 0.1) is 12.3 Å². The van der Waals surface area contributed by atoms with Crippen molar-refractivity contribution >= 4 is 8.32 Å². The molecule has 0 fully saturated rings. The summed E-state index contributed by atoms with van der Waals surface area (Å²) < 4.78 is 6.28. The fraction of sp³-hybridized carbons (Fsp3) is 0.529. The van der Waals surface area contributed by atoms with Gasteiger partial charge in [-0.2, -0.15) is 0 Å². The maximum absolute atomic E-state index is 6.28. The van der Waals surface area contributed by atoms with Gasteiger partial charge >= 0.3 is 0 Å². The average Bonchev–Trinajstić information content (AvgIpc) is 2.34. The molecule has 0 heterocycles. The van der Waals surface area contributed by atoms with Crippen LogP contribution in [0.5, 0.6) is 0 Å². The van der Waals surface area contributed by atoms with Crippen molar-refractivity contribution in [3.05, 3.63) is 35.9 Å². The van der Waals surface area contributed by atoms with Gasteiger partial charge in [-0.15, -0.1) is 6.42 Å². The van der Waals surface area contributed by atoms with Gasteiger partial charge in [-0.3, -0.25) is 0 Å². The lowest BCUT2D eigenvalue weighted by molar-refractivity contribution is 0.224. The van der Waals surface area contributed by atoms with Crippen LogP contribution in [0.1, 0.15) is 32.8 Å². The SMILES string of the molecule is C#C[C@H](CCc1ccccc1)O[Si](C)(C)C(C)(C)C. The van der Waals surface area contributed by atoms with Gasteiger partial charge in [0.1, 0.15) is 6.10 Å². The molecule has 1 atom stereocenters. The average molecular weight is 274 g/mol. The molecule has 1 aromatic rings. The minimum atomic E-state index is -1.77. The van der Waals surface area contributed by atoms with Gasteiger partial charge in [0.2, 0.25) is 0 Å². The molecule has 1 rings (SSSR count). The number of rotatable bonds is 5. The van der Waals surface area contributed by atoms with E-state index in [0.29, 0.717) is 0 Å². The van der Waals surface area contributed by atoms with E-state index in [0.717, 1.165) is 12.8 Å². The lowest BCUT2D eigenvalue weighted by Crippen LogP contribution is -2.43. The van der Waals surface area contributed by atoms with Crippen LogP contribution >= 0.6 is 0 Å². The Labute approximate surface area is 119 Å². The molecule has 0 radical (unpaired) electrons. The van der Waals surface area contributed by atoms with Gasteiger partial charge in [-0.05, 0) is 36.5 Å². The maximum Gasteiger partial charge on any atom is 0.193 e. The van der Waals surface area contributed by atoms with Crippen molar-refractivity contribution in [2.24, 2.45) is 0 Å². The fourth-order valence-electron chi connectivity index (χ4n) is 1.65. The van der Waals surface area contributed by atoms with Crippen molar-refractivity contribution in [2.75, 3.05) is 0 Å². The van der Waals surface area contributed by atoms with Crippen LogP contribution in [0.4, 0.5) is 0 Å². The topological polar surface area (TPSA) is 9.23 Å². The minimum Gasteiger partial charge on any atom is -0.403 e. The third-order valence-electron chi connectivity index (χ3n) is 3.97. The molecule has 0 aromatic heterocycles. The zero-order valence-electron chi connectivity index (χ0n) is 12.9. The lowest BCUT2D eigenvalue weighted by Gasteiger charge is -2.38. The molecule has 0 saturated heterocycles. The number of hydrogen-bond donors (Lipinski definition) is 0. The van der Waals surface area contributed by atoms with E-state index in [1.54, 1.807) is 0 Å². The largest absolute Gasteiger partial charge is 0.403 e. The first-order valence-corrected chi connectivity index (χ1v) is 9.85. The standard InChI is InChI=1S/C17H26OSi/c1-7-16(18-19(5,6)17(2,3)4)14-13-15-11-9-8-10-12-15/h1,8-12,16H,13-14H2,2-6H3/t16-/m1/s1. The van der Waals surface area contributed by atoms with Gasteiger partial charge in [-0.25, -0.2) is 0 Å². The van der Waals surface area contributed by atoms with E-state index in [1.807, 2.05) is 6.07 Å². The molecule has 0 spiro atoms. The Hall–Kier alpha value is -1.04. The zero-order chi connectivity index (χ0) is 14.5. The van der Waals surface area contributed by atoms with Gasteiger partial charge in [0, 0.05) is 0 Å². The van der Waals surface area contributed by atoms with Crippen molar-refractivity contribution in [3.8, 4) is 12.3 Å². The normalized spacial score (nSPS) is 13.9. The summed E-state index contributed by atoms with van der Waals surface area (Å²) >= 11 is 0. The van der Waals surface area contributed by atoms with E-state index in [-0.39, 0.29) is 11.1 Å². The highest BCUT2D eigenvalue weighted by atomic mass is 28.4. The first-order valence-electron chi connectivity index (χ1n) is 6.94. The highest BCUT2D eigenvalue weighted by Crippen LogP contribution is 2.37. The quantitative estimate of drug-likeness (QED) is 0.561. The summed E-state index contributed by atoms with van der Waals surface area (Å²) in [7, 11) is -1.77. The molecule has 0 bridgehead atoms. The Morgan fingerprint density at radius 1 is 1.21 bits per heavy atom. The smallest absolute Gasteiger partial charge is 0.193 e. The van der Waals surface area contributed by atoms with Crippen LogP contribution in [0.2, 0.25) is 18.1 Å². The van der Waals surface area contributed by atoms with Gasteiger partial charge in [0.15, 0.2) is 8.32 Å². The number of aryl methyl sites for hydroxylation is 1. The molecule has 0 amide bonds. The molecule has 0 saturated carbocycles. The van der Waals surface area contributed by atoms with Crippen molar-refractivity contribution < 1.29 is 4.43 Å². The van der Waals surface area contributed by atoms with E-state index in [9.17, 15) is 0 Å². The highest BCUT2D eigenvalue weighted by molar-refractivity contribution is 6.74. The van der Waals surface area contributed by atoms with Crippen molar-refractivity contribution in [2.45, 2.75) is 57.8 Å². The number of benzene rings is 1. The fourth-order valence-corrected chi connectivity index (χ4v) is 2.90. The third-order valence-corrected chi connectivity index (χ3v) is 8.45. The Bertz CT molecular complexity index is 423. The first-order chi connectivity index (χ1) is 8.76. The minimum absolute atomic E-state index is 0.0684. The second kappa shape index (κ2) is 6.41. The first kappa shape index (κ1) is 16.0. The van der Waals surface area contributed by atoms with E-state index in [2.05, 4.69) is 64.1 Å². The van der Waals surface area contributed by atoms with Gasteiger partial charge in [0.25, 0.3) is 0 Å². The van der Waals surface area contributed by atoms with E-state index in [4.69, 9.17) is 10.8 Å². The van der Waals surface area contributed by atoms with Crippen LogP contribution < -0.4 is 0 Å². The third kappa shape index (κ3) is 4.85. The van der Waals surface area contributed by atoms with Crippen LogP contribution in [0.15, 0.2) is 30.3 Å². The van der Waals surface area contributed by atoms with Crippen LogP contribution in [-0.4, -0.2) is 14.4 Å². The van der Waals surface area contributed by atoms with Crippen LogP contribution in [-0.2, 0) is 10.8 Å². The van der Waals surface area contributed by atoms with Gasteiger partial charge in [0.05, 0.1) is 0 Å². The van der Waals surface area contributed by atoms with E-state index >= 15 is 0 Å². The molecule has 0 unspecified atom stereocenters. The lowest BCUT2D eigenvalue weighted by atomic mass is 10.1. The molecule has 19 heavy (non-hydrogen) atoms. The molecule has 0 aliphatic rings. The second-order valence-corrected chi connectivity index (χ2v) is 11.3. The monoisotopic (exact) mass is 274 g/mol. The molecule has 0 N–H and O–H groups in total. The maximum atomic E-state index is 6.28. The van der Waals surface area contributed by atoms with Crippen molar-refractivity contribution in [1.29, 1.82) is 0 Å². The van der Waals surface area contributed by atoms with Gasteiger partial charge in [-0.1, -0.05) is 57.0 Å². The van der Waals surface area contributed by atoms with Crippen LogP contribution in [0.25, 0.3) is 0 Å². The van der Waals surface area contributed by atoms with Crippen LogP contribution in [0.3, 0.4) is 0 Å². The second-order valence-electron chi connectivity index (χ2n) is 6.56. The Morgan fingerprint density at radius 3 is 2.26 bits per heavy atom. The van der Waals surface area contributed by atoms with E-state index in [1.165, 1.54) is 5.56 Å². The Balaban J connectivity index is 2.59. The van der Waals surface area contributed by atoms with Gasteiger partial charge < -0.3 is 4.43 Å². The molecule has 1 aromatic carbocycles. The number of terminal acetylenes is 1. The predicted molar refractivity (Wildman–Crippen MR) is 85.7 cm³/mol. The van der Waals surface area contributed by atoms with Crippen molar-refractivity contribution in [1.82, 2.24) is 0 Å². The summed E-state index contributed by atoms with van der Waals surface area (Å²) in [6, 6.07) is 10.4. The predicted octanol–water partition coefficient (Wildman–Crippen LogP) is 4.64. The summed E-state index contributed by atoms with van der Waals surface area (Å²) in [5, 5.41) is 0.203. The highest BCUT2D eigenvalue weighted by Gasteiger charge is 2.38. The summed E-state index contributed by atoms with van der Waals surface area (Å²) in [6.45, 7) is 11.2. The molecule has 104 valence electrons. The molecular formula is C17H26OSi. The molecule has 1 nitrogen and oxygen atoms in total. The summed E-state index contributed by atoms with van der Waals surface area (Å²) in [6.07, 6.45) is 7.44. The molecule has 0 aliphatic heterocycles.